The Morgan fingerprint density at radius 2 is 2.04 bits per heavy atom. The highest BCUT2D eigenvalue weighted by Gasteiger charge is 2.14. The number of allylic oxidation sites excluding steroid dienone is 1. The number of carbonyl (C=O) groups excluding carboxylic acids is 1. The molecule has 0 bridgehead atoms. The van der Waals surface area contributed by atoms with E-state index in [-0.39, 0.29) is 6.61 Å². The molecule has 0 aliphatic heterocycles. The van der Waals surface area contributed by atoms with Crippen molar-refractivity contribution in [3.8, 4) is 17.6 Å². The lowest BCUT2D eigenvalue weighted by Crippen LogP contribution is -2.20. The summed E-state index contributed by atoms with van der Waals surface area (Å²) in [6.07, 6.45) is 1.69. The normalized spacial score (nSPS) is 11.0. The molecule has 2 N–H and O–H groups in total. The van der Waals surface area contributed by atoms with Crippen molar-refractivity contribution in [1.29, 1.82) is 5.26 Å². The molecule has 8 heteroatoms. The molecule has 0 aromatic heterocycles. The lowest BCUT2D eigenvalue weighted by Gasteiger charge is -2.14. The number of hydrogen-bond donors (Lipinski definition) is 1. The number of carbonyl (C=O) groups is 1. The number of nitriles is 1. The van der Waals surface area contributed by atoms with Gasteiger partial charge in [-0.25, -0.2) is 0 Å². The van der Waals surface area contributed by atoms with Gasteiger partial charge in [0.25, 0.3) is 5.91 Å². The molecule has 0 heterocycles. The molecule has 0 fully saturated rings. The zero-order valence-electron chi connectivity index (χ0n) is 14.3. The quantitative estimate of drug-likeness (QED) is 0.321. The highest BCUT2D eigenvalue weighted by Crippen LogP contribution is 2.36. The molecule has 0 spiro atoms. The van der Waals surface area contributed by atoms with Crippen LogP contribution >= 0.6 is 45.8 Å². The van der Waals surface area contributed by atoms with E-state index in [9.17, 15) is 10.1 Å². The number of hydrogen-bond acceptors (Lipinski definition) is 4. The Bertz CT molecular complexity index is 939. The Kier molecular flexibility index (Phi) is 7.78. The van der Waals surface area contributed by atoms with Crippen LogP contribution in [-0.2, 0) is 4.79 Å². The minimum absolute atomic E-state index is 0.255. The van der Waals surface area contributed by atoms with Crippen molar-refractivity contribution < 1.29 is 14.3 Å². The Morgan fingerprint density at radius 1 is 1.30 bits per heavy atom. The molecule has 0 radical (unpaired) electrons. The Balaban J connectivity index is 2.49. The third-order valence-corrected chi connectivity index (χ3v) is 4.69. The first kappa shape index (κ1) is 21.4. The largest absolute Gasteiger partial charge is 0.490 e. The molecule has 2 aromatic carbocycles. The number of primary amides is 1. The summed E-state index contributed by atoms with van der Waals surface area (Å²) in [4.78, 5) is 11.0. The number of halogens is 3. The predicted molar refractivity (Wildman–Crippen MR) is 115 cm³/mol. The van der Waals surface area contributed by atoms with Crippen LogP contribution in [0.2, 0.25) is 10.0 Å². The second-order valence-electron chi connectivity index (χ2n) is 5.31. The van der Waals surface area contributed by atoms with Gasteiger partial charge in [-0.3, -0.25) is 4.79 Å². The van der Waals surface area contributed by atoms with E-state index < -0.39 is 5.91 Å². The van der Waals surface area contributed by atoms with Crippen LogP contribution in [0.5, 0.6) is 11.5 Å². The lowest BCUT2D eigenvalue weighted by atomic mass is 10.0. The smallest absolute Gasteiger partial charge is 0.255 e. The highest BCUT2D eigenvalue weighted by atomic mass is 127. The Hall–Kier alpha value is -1.95. The predicted octanol–water partition coefficient (Wildman–Crippen LogP) is 4.92. The van der Waals surface area contributed by atoms with E-state index >= 15 is 0 Å². The van der Waals surface area contributed by atoms with Crippen LogP contribution < -0.4 is 15.2 Å². The van der Waals surface area contributed by atoms with E-state index in [0.717, 1.165) is 5.56 Å². The maximum atomic E-state index is 11.0. The van der Waals surface area contributed by atoms with Crippen LogP contribution in [0, 0.1) is 14.9 Å². The molecule has 1 amide bonds. The van der Waals surface area contributed by atoms with Gasteiger partial charge in [-0.15, -0.1) is 0 Å². The minimum atomic E-state index is -0.582. The second kappa shape index (κ2) is 9.83. The number of benzene rings is 2. The highest BCUT2D eigenvalue weighted by molar-refractivity contribution is 14.1. The van der Waals surface area contributed by atoms with Crippen LogP contribution in [-0.4, -0.2) is 19.1 Å². The Morgan fingerprint density at radius 3 is 2.63 bits per heavy atom. The zero-order valence-corrected chi connectivity index (χ0v) is 17.9. The van der Waals surface area contributed by atoms with Crippen molar-refractivity contribution in [1.82, 2.24) is 0 Å². The van der Waals surface area contributed by atoms with E-state index in [2.05, 4.69) is 28.7 Å². The van der Waals surface area contributed by atoms with E-state index in [1.54, 1.807) is 36.4 Å². The zero-order chi connectivity index (χ0) is 20.0. The van der Waals surface area contributed by atoms with Gasteiger partial charge in [0.1, 0.15) is 0 Å². The van der Waals surface area contributed by atoms with Crippen LogP contribution in [0.25, 0.3) is 11.6 Å². The SMILES string of the molecule is CCOc1cc(/C=C(\C#N)c2ccc(Cl)cc2Cl)cc(I)c1OCC(N)=O. The third-order valence-electron chi connectivity index (χ3n) is 3.34. The lowest BCUT2D eigenvalue weighted by molar-refractivity contribution is -0.119. The summed E-state index contributed by atoms with van der Waals surface area (Å²) in [6.45, 7) is 1.99. The summed E-state index contributed by atoms with van der Waals surface area (Å²) in [6, 6.07) is 10.6. The first-order valence-corrected chi connectivity index (χ1v) is 9.63. The fourth-order valence-corrected chi connectivity index (χ4v) is 3.55. The van der Waals surface area contributed by atoms with Gasteiger partial charge in [-0.05, 0) is 65.4 Å². The molecule has 0 aliphatic rings. The van der Waals surface area contributed by atoms with E-state index in [1.807, 2.05) is 6.92 Å². The van der Waals surface area contributed by atoms with Gasteiger partial charge in [-0.2, -0.15) is 5.26 Å². The summed E-state index contributed by atoms with van der Waals surface area (Å²) < 4.78 is 11.8. The average molecular weight is 517 g/mol. The minimum Gasteiger partial charge on any atom is -0.490 e. The second-order valence-corrected chi connectivity index (χ2v) is 7.32. The van der Waals surface area contributed by atoms with E-state index in [4.69, 9.17) is 38.4 Å². The molecule has 27 heavy (non-hydrogen) atoms. The molecule has 140 valence electrons. The van der Waals surface area contributed by atoms with Crippen molar-refractivity contribution in [2.45, 2.75) is 6.92 Å². The van der Waals surface area contributed by atoms with Gasteiger partial charge in [0.2, 0.25) is 0 Å². The van der Waals surface area contributed by atoms with Gasteiger partial charge < -0.3 is 15.2 Å². The van der Waals surface area contributed by atoms with Crippen LogP contribution in [0.3, 0.4) is 0 Å². The number of ether oxygens (including phenoxy) is 2. The molecular weight excluding hydrogens is 502 g/mol. The van der Waals surface area contributed by atoms with E-state index in [0.29, 0.717) is 42.9 Å². The standard InChI is InChI=1S/C19H15Cl2IN2O3/c1-2-26-17-7-11(6-16(22)19(17)27-10-18(24)25)5-12(9-23)14-4-3-13(20)8-15(14)21/h3-8H,2,10H2,1H3,(H2,24,25)/b12-5+. The van der Waals surface area contributed by atoms with E-state index in [1.165, 1.54) is 0 Å². The number of nitrogens with two attached hydrogens (primary N) is 1. The summed E-state index contributed by atoms with van der Waals surface area (Å²) >= 11 is 14.2. The molecule has 5 nitrogen and oxygen atoms in total. The van der Waals surface area contributed by atoms with Crippen molar-refractivity contribution in [2.24, 2.45) is 5.73 Å². The molecule has 0 saturated carbocycles. The fraction of sp³-hybridized carbons (Fsp3) is 0.158. The molecule has 0 unspecified atom stereocenters. The number of amides is 1. The van der Waals surface area contributed by atoms with Crippen molar-refractivity contribution >= 4 is 63.3 Å². The topological polar surface area (TPSA) is 85.3 Å². The van der Waals surface area contributed by atoms with Gasteiger partial charge in [-0.1, -0.05) is 29.3 Å². The van der Waals surface area contributed by atoms with Crippen LogP contribution in [0.15, 0.2) is 30.3 Å². The summed E-state index contributed by atoms with van der Waals surface area (Å²) in [7, 11) is 0. The molecule has 0 atom stereocenters. The first-order valence-electron chi connectivity index (χ1n) is 7.80. The first-order chi connectivity index (χ1) is 12.8. The van der Waals surface area contributed by atoms with Gasteiger partial charge >= 0.3 is 0 Å². The van der Waals surface area contributed by atoms with Gasteiger partial charge in [0, 0.05) is 10.6 Å². The summed E-state index contributed by atoms with van der Waals surface area (Å²) in [5.41, 5.74) is 6.81. The third kappa shape index (κ3) is 5.76. The fourth-order valence-electron chi connectivity index (χ4n) is 2.26. The summed E-state index contributed by atoms with van der Waals surface area (Å²) in [5.74, 6) is 0.300. The summed E-state index contributed by atoms with van der Waals surface area (Å²) in [5, 5.41) is 10.4. The van der Waals surface area contributed by atoms with Gasteiger partial charge in [0.15, 0.2) is 18.1 Å². The maximum Gasteiger partial charge on any atom is 0.255 e. The van der Waals surface area contributed by atoms with Crippen LogP contribution in [0.4, 0.5) is 0 Å². The van der Waals surface area contributed by atoms with Crippen LogP contribution in [0.1, 0.15) is 18.1 Å². The Labute approximate surface area is 180 Å². The molecule has 2 rings (SSSR count). The monoisotopic (exact) mass is 516 g/mol. The van der Waals surface area contributed by atoms with Crippen molar-refractivity contribution in [3.63, 3.8) is 0 Å². The average Bonchev–Trinajstić information content (AvgIpc) is 2.59. The van der Waals surface area contributed by atoms with Crippen molar-refractivity contribution in [3.05, 3.63) is 55.1 Å². The molecule has 2 aromatic rings. The number of nitrogens with zero attached hydrogens (tertiary/aromatic N) is 1. The number of rotatable bonds is 7. The molecular formula is C19H15Cl2IN2O3. The molecule has 0 aliphatic carbocycles. The van der Waals surface area contributed by atoms with Crippen molar-refractivity contribution in [2.75, 3.05) is 13.2 Å². The molecule has 0 saturated heterocycles. The maximum absolute atomic E-state index is 11.0. The van der Waals surface area contributed by atoms with Gasteiger partial charge in [0.05, 0.1) is 26.8 Å².